The van der Waals surface area contributed by atoms with Gasteiger partial charge in [-0.1, -0.05) is 0 Å². The zero-order valence-corrected chi connectivity index (χ0v) is 12.8. The average Bonchev–Trinajstić information content (AvgIpc) is 2.92. The highest BCUT2D eigenvalue weighted by molar-refractivity contribution is 9.10. The van der Waals surface area contributed by atoms with Crippen LogP contribution in [0.2, 0.25) is 0 Å². The molecule has 102 valence electrons. The maximum atomic E-state index is 12.6. The summed E-state index contributed by atoms with van der Waals surface area (Å²) in [7, 11) is 0. The fourth-order valence-corrected chi connectivity index (χ4v) is 3.64. The Labute approximate surface area is 121 Å². The molecule has 19 heavy (non-hydrogen) atoms. The van der Waals surface area contributed by atoms with Gasteiger partial charge in [0, 0.05) is 35.8 Å². The SMILES string of the molecule is CC1(C)C2CNCC2CN1C(=O)c1ccc(Br)cn1. The van der Waals surface area contributed by atoms with Gasteiger partial charge < -0.3 is 10.2 Å². The van der Waals surface area contributed by atoms with Gasteiger partial charge in [-0.15, -0.1) is 0 Å². The molecule has 2 aliphatic heterocycles. The predicted octanol–water partition coefficient (Wildman–Crippen LogP) is 1.91. The Morgan fingerprint density at radius 1 is 1.47 bits per heavy atom. The molecule has 1 aromatic rings. The third kappa shape index (κ3) is 2.09. The van der Waals surface area contributed by atoms with Gasteiger partial charge in [0.1, 0.15) is 5.69 Å². The van der Waals surface area contributed by atoms with E-state index in [1.807, 2.05) is 11.0 Å². The molecule has 2 atom stereocenters. The minimum atomic E-state index is -0.0972. The van der Waals surface area contributed by atoms with Gasteiger partial charge >= 0.3 is 0 Å². The lowest BCUT2D eigenvalue weighted by molar-refractivity contribution is 0.0597. The van der Waals surface area contributed by atoms with E-state index in [2.05, 4.69) is 40.1 Å². The Morgan fingerprint density at radius 3 is 2.89 bits per heavy atom. The van der Waals surface area contributed by atoms with Crippen LogP contribution in [-0.2, 0) is 0 Å². The minimum absolute atomic E-state index is 0.0481. The summed E-state index contributed by atoms with van der Waals surface area (Å²) in [6, 6.07) is 3.65. The molecule has 4 nitrogen and oxygen atoms in total. The molecule has 2 saturated heterocycles. The molecule has 0 spiro atoms. The van der Waals surface area contributed by atoms with E-state index in [9.17, 15) is 4.79 Å². The van der Waals surface area contributed by atoms with Crippen LogP contribution in [-0.4, -0.2) is 41.0 Å². The van der Waals surface area contributed by atoms with Crippen molar-refractivity contribution in [3.05, 3.63) is 28.5 Å². The Bertz CT molecular complexity index is 500. The number of nitrogens with one attached hydrogen (secondary N) is 1. The number of nitrogens with zero attached hydrogens (tertiary/aromatic N) is 2. The topological polar surface area (TPSA) is 45.2 Å². The first kappa shape index (κ1) is 13.1. The van der Waals surface area contributed by atoms with Gasteiger partial charge in [0.25, 0.3) is 5.91 Å². The lowest BCUT2D eigenvalue weighted by Gasteiger charge is -2.35. The molecule has 0 saturated carbocycles. The predicted molar refractivity (Wildman–Crippen MR) is 76.9 cm³/mol. The normalized spacial score (nSPS) is 28.5. The van der Waals surface area contributed by atoms with Crippen LogP contribution < -0.4 is 5.32 Å². The second kappa shape index (κ2) is 4.56. The number of rotatable bonds is 1. The van der Waals surface area contributed by atoms with Gasteiger partial charge in [-0.2, -0.15) is 0 Å². The van der Waals surface area contributed by atoms with Gasteiger partial charge in [-0.3, -0.25) is 4.79 Å². The fraction of sp³-hybridized carbons (Fsp3) is 0.571. The minimum Gasteiger partial charge on any atom is -0.332 e. The second-order valence-electron chi connectivity index (χ2n) is 5.96. The Kier molecular flexibility index (Phi) is 3.14. The molecule has 3 rings (SSSR count). The smallest absolute Gasteiger partial charge is 0.272 e. The average molecular weight is 324 g/mol. The summed E-state index contributed by atoms with van der Waals surface area (Å²) < 4.78 is 0.894. The van der Waals surface area contributed by atoms with Crippen LogP contribution in [0.3, 0.4) is 0 Å². The third-order valence-corrected chi connectivity index (χ3v) is 5.02. The molecule has 2 fully saturated rings. The van der Waals surface area contributed by atoms with E-state index in [1.165, 1.54) is 0 Å². The molecular formula is C14H18BrN3O. The zero-order chi connectivity index (χ0) is 13.6. The number of amides is 1. The first-order valence-corrected chi connectivity index (χ1v) is 7.43. The van der Waals surface area contributed by atoms with Gasteiger partial charge in [-0.25, -0.2) is 4.98 Å². The molecule has 1 aromatic heterocycles. The number of carbonyl (C=O) groups excluding carboxylic acids is 1. The van der Waals surface area contributed by atoms with E-state index >= 15 is 0 Å². The lowest BCUT2D eigenvalue weighted by Crippen LogP contribution is -2.47. The number of pyridine rings is 1. The zero-order valence-electron chi connectivity index (χ0n) is 11.2. The largest absolute Gasteiger partial charge is 0.332 e. The third-order valence-electron chi connectivity index (χ3n) is 4.55. The van der Waals surface area contributed by atoms with Crippen LogP contribution in [0.1, 0.15) is 24.3 Å². The van der Waals surface area contributed by atoms with Crippen molar-refractivity contribution in [2.24, 2.45) is 11.8 Å². The summed E-state index contributed by atoms with van der Waals surface area (Å²) >= 11 is 3.34. The summed E-state index contributed by atoms with van der Waals surface area (Å²) in [4.78, 5) is 18.9. The molecular weight excluding hydrogens is 306 g/mol. The van der Waals surface area contributed by atoms with Crippen LogP contribution in [0.4, 0.5) is 0 Å². The van der Waals surface area contributed by atoms with Crippen molar-refractivity contribution >= 4 is 21.8 Å². The Balaban J connectivity index is 1.86. The highest BCUT2D eigenvalue weighted by Gasteiger charge is 2.51. The monoisotopic (exact) mass is 323 g/mol. The van der Waals surface area contributed by atoms with E-state index in [0.29, 0.717) is 17.5 Å². The molecule has 2 unspecified atom stereocenters. The van der Waals surface area contributed by atoms with Gasteiger partial charge in [-0.05, 0) is 53.7 Å². The maximum Gasteiger partial charge on any atom is 0.272 e. The highest BCUT2D eigenvalue weighted by atomic mass is 79.9. The van der Waals surface area contributed by atoms with E-state index in [0.717, 1.165) is 24.1 Å². The van der Waals surface area contributed by atoms with Crippen LogP contribution in [0.15, 0.2) is 22.8 Å². The van der Waals surface area contributed by atoms with E-state index in [-0.39, 0.29) is 11.4 Å². The lowest BCUT2D eigenvalue weighted by atomic mass is 9.85. The summed E-state index contributed by atoms with van der Waals surface area (Å²) in [5, 5.41) is 3.43. The number of hydrogen-bond acceptors (Lipinski definition) is 3. The number of fused-ring (bicyclic) bond motifs is 1. The summed E-state index contributed by atoms with van der Waals surface area (Å²) in [5.41, 5.74) is 0.434. The number of carbonyl (C=O) groups is 1. The highest BCUT2D eigenvalue weighted by Crippen LogP contribution is 2.41. The van der Waals surface area contributed by atoms with Crippen LogP contribution >= 0.6 is 15.9 Å². The van der Waals surface area contributed by atoms with Crippen molar-refractivity contribution in [2.75, 3.05) is 19.6 Å². The second-order valence-corrected chi connectivity index (χ2v) is 6.87. The van der Waals surface area contributed by atoms with Crippen LogP contribution in [0, 0.1) is 11.8 Å². The standard InChI is InChI=1S/C14H18BrN3O/c1-14(2)11-7-16-5-9(11)8-18(14)13(19)12-4-3-10(15)6-17-12/h3-4,6,9,11,16H,5,7-8H2,1-2H3. The van der Waals surface area contributed by atoms with Gasteiger partial charge in [0.05, 0.1) is 0 Å². The summed E-state index contributed by atoms with van der Waals surface area (Å²) in [6.07, 6.45) is 1.68. The van der Waals surface area contributed by atoms with Crippen molar-refractivity contribution in [1.29, 1.82) is 0 Å². The first-order valence-electron chi connectivity index (χ1n) is 6.64. The number of hydrogen-bond donors (Lipinski definition) is 1. The quantitative estimate of drug-likeness (QED) is 0.858. The Hall–Kier alpha value is -0.940. The van der Waals surface area contributed by atoms with Gasteiger partial charge in [0.2, 0.25) is 0 Å². The first-order chi connectivity index (χ1) is 9.00. The summed E-state index contributed by atoms with van der Waals surface area (Å²) in [6.45, 7) is 7.20. The number of likely N-dealkylation sites (tertiary alicyclic amines) is 1. The van der Waals surface area contributed by atoms with E-state index in [4.69, 9.17) is 0 Å². The molecule has 0 aliphatic carbocycles. The molecule has 1 N–H and O–H groups in total. The molecule has 2 aliphatic rings. The van der Waals surface area contributed by atoms with Crippen LogP contribution in [0.5, 0.6) is 0 Å². The molecule has 0 aromatic carbocycles. The Morgan fingerprint density at radius 2 is 2.26 bits per heavy atom. The van der Waals surface area contributed by atoms with Crippen molar-refractivity contribution in [2.45, 2.75) is 19.4 Å². The number of halogens is 1. The number of aromatic nitrogens is 1. The van der Waals surface area contributed by atoms with Gasteiger partial charge in [0.15, 0.2) is 0 Å². The van der Waals surface area contributed by atoms with E-state index < -0.39 is 0 Å². The molecule has 3 heterocycles. The van der Waals surface area contributed by atoms with Crippen LogP contribution in [0.25, 0.3) is 0 Å². The fourth-order valence-electron chi connectivity index (χ4n) is 3.41. The van der Waals surface area contributed by atoms with Crippen molar-refractivity contribution in [3.63, 3.8) is 0 Å². The maximum absolute atomic E-state index is 12.6. The van der Waals surface area contributed by atoms with Crippen molar-refractivity contribution in [3.8, 4) is 0 Å². The molecule has 1 amide bonds. The van der Waals surface area contributed by atoms with Crippen molar-refractivity contribution < 1.29 is 4.79 Å². The molecule has 5 heteroatoms. The molecule has 0 radical (unpaired) electrons. The molecule has 0 bridgehead atoms. The van der Waals surface area contributed by atoms with Crippen molar-refractivity contribution in [1.82, 2.24) is 15.2 Å². The van der Waals surface area contributed by atoms with E-state index in [1.54, 1.807) is 12.3 Å². The summed E-state index contributed by atoms with van der Waals surface area (Å²) in [5.74, 6) is 1.17.